The van der Waals surface area contributed by atoms with E-state index in [1.807, 2.05) is 41.8 Å². The highest BCUT2D eigenvalue weighted by Crippen LogP contribution is 2.29. The lowest BCUT2D eigenvalue weighted by Crippen LogP contribution is -2.00. The lowest BCUT2D eigenvalue weighted by molar-refractivity contribution is 0.0601. The average molecular weight is 330 g/mol. The van der Waals surface area contributed by atoms with Crippen LogP contribution in [0.25, 0.3) is 21.8 Å². The van der Waals surface area contributed by atoms with Gasteiger partial charge in [-0.15, -0.1) is 11.3 Å². The van der Waals surface area contributed by atoms with E-state index in [-0.39, 0.29) is 5.97 Å². The topological polar surface area (TPSA) is 39.2 Å². The summed E-state index contributed by atoms with van der Waals surface area (Å²) in [7, 11) is 1.37. The van der Waals surface area contributed by atoms with Crippen LogP contribution in [0.1, 0.15) is 10.4 Å². The summed E-state index contributed by atoms with van der Waals surface area (Å²) in [4.78, 5) is 16.1. The summed E-state index contributed by atoms with van der Waals surface area (Å²) in [5.74, 6) is -0.340. The number of methoxy groups -OCH3 is 1. The summed E-state index contributed by atoms with van der Waals surface area (Å²) < 4.78 is 4.69. The molecule has 0 aliphatic carbocycles. The van der Waals surface area contributed by atoms with Crippen LogP contribution in [-0.2, 0) is 4.74 Å². The lowest BCUT2D eigenvalue weighted by atomic mass is 10.1. The van der Waals surface area contributed by atoms with Crippen molar-refractivity contribution < 1.29 is 9.53 Å². The number of nitrogens with zero attached hydrogens (tertiary/aromatic N) is 1. The Morgan fingerprint density at radius 1 is 1.05 bits per heavy atom. The maximum absolute atomic E-state index is 11.4. The number of halogens is 1. The Labute approximate surface area is 137 Å². The van der Waals surface area contributed by atoms with Gasteiger partial charge in [-0.2, -0.15) is 0 Å². The molecule has 110 valence electrons. The zero-order valence-electron chi connectivity index (χ0n) is 11.7. The minimum Gasteiger partial charge on any atom is -0.465 e. The number of rotatable bonds is 3. The standard InChI is InChI=1S/C17H12ClNO2S/c1-21-17(20)13-4-2-12(3-5-13)16-19-15(10-22-16)11-6-8-14(18)9-7-11/h2-10H,1H3. The van der Waals surface area contributed by atoms with Crippen molar-refractivity contribution in [3.05, 3.63) is 64.5 Å². The van der Waals surface area contributed by atoms with E-state index in [2.05, 4.69) is 4.98 Å². The summed E-state index contributed by atoms with van der Waals surface area (Å²) in [6, 6.07) is 14.8. The van der Waals surface area contributed by atoms with Crippen molar-refractivity contribution in [2.45, 2.75) is 0 Å². The van der Waals surface area contributed by atoms with Crippen molar-refractivity contribution in [2.75, 3.05) is 7.11 Å². The molecule has 0 aliphatic rings. The van der Waals surface area contributed by atoms with Gasteiger partial charge in [0.05, 0.1) is 18.4 Å². The second kappa shape index (κ2) is 6.30. The molecule has 3 rings (SSSR count). The van der Waals surface area contributed by atoms with Crippen molar-refractivity contribution in [3.63, 3.8) is 0 Å². The molecule has 0 amide bonds. The second-order valence-corrected chi connectivity index (χ2v) is 5.91. The number of aromatic nitrogens is 1. The molecule has 0 radical (unpaired) electrons. The van der Waals surface area contributed by atoms with Crippen LogP contribution in [0.3, 0.4) is 0 Å². The molecule has 2 aromatic carbocycles. The third kappa shape index (κ3) is 3.03. The molecule has 3 nitrogen and oxygen atoms in total. The molecule has 0 saturated carbocycles. The Bertz CT molecular complexity index is 794. The quantitative estimate of drug-likeness (QED) is 0.640. The van der Waals surface area contributed by atoms with Gasteiger partial charge >= 0.3 is 5.97 Å². The molecule has 0 unspecified atom stereocenters. The summed E-state index contributed by atoms with van der Waals surface area (Å²) in [5.41, 5.74) is 3.44. The monoisotopic (exact) mass is 329 g/mol. The van der Waals surface area contributed by atoms with E-state index < -0.39 is 0 Å². The van der Waals surface area contributed by atoms with E-state index in [0.717, 1.165) is 21.8 Å². The normalized spacial score (nSPS) is 10.5. The van der Waals surface area contributed by atoms with Gasteiger partial charge in [-0.05, 0) is 24.3 Å². The summed E-state index contributed by atoms with van der Waals surface area (Å²) in [6.07, 6.45) is 0. The molecule has 0 atom stereocenters. The summed E-state index contributed by atoms with van der Waals surface area (Å²) in [5, 5.41) is 3.62. The fourth-order valence-corrected chi connectivity index (χ4v) is 2.99. The molecule has 1 aromatic heterocycles. The number of esters is 1. The smallest absolute Gasteiger partial charge is 0.337 e. The van der Waals surface area contributed by atoms with E-state index >= 15 is 0 Å². The lowest BCUT2D eigenvalue weighted by Gasteiger charge is -2.00. The minimum atomic E-state index is -0.340. The fourth-order valence-electron chi connectivity index (χ4n) is 2.03. The van der Waals surface area contributed by atoms with Crippen LogP contribution in [0.4, 0.5) is 0 Å². The van der Waals surface area contributed by atoms with Gasteiger partial charge in [0.1, 0.15) is 5.01 Å². The van der Waals surface area contributed by atoms with Gasteiger partial charge < -0.3 is 4.74 Å². The first-order chi connectivity index (χ1) is 10.7. The first-order valence-electron chi connectivity index (χ1n) is 6.57. The number of ether oxygens (including phenoxy) is 1. The number of carbonyl (C=O) groups excluding carboxylic acids is 1. The molecule has 0 saturated heterocycles. The van der Waals surface area contributed by atoms with E-state index in [0.29, 0.717) is 10.6 Å². The molecule has 3 aromatic rings. The summed E-state index contributed by atoms with van der Waals surface area (Å²) in [6.45, 7) is 0. The molecule has 0 aliphatic heterocycles. The van der Waals surface area contributed by atoms with Gasteiger partial charge in [0.15, 0.2) is 0 Å². The second-order valence-electron chi connectivity index (χ2n) is 4.61. The van der Waals surface area contributed by atoms with Gasteiger partial charge in [0.25, 0.3) is 0 Å². The van der Waals surface area contributed by atoms with Crippen LogP contribution in [-0.4, -0.2) is 18.1 Å². The Balaban J connectivity index is 1.87. The van der Waals surface area contributed by atoms with Crippen molar-refractivity contribution in [1.82, 2.24) is 4.98 Å². The zero-order valence-corrected chi connectivity index (χ0v) is 13.3. The third-order valence-electron chi connectivity index (χ3n) is 3.20. The first-order valence-corrected chi connectivity index (χ1v) is 7.83. The van der Waals surface area contributed by atoms with Crippen LogP contribution in [0.15, 0.2) is 53.9 Å². The molecule has 0 N–H and O–H groups in total. The van der Waals surface area contributed by atoms with Crippen LogP contribution in [0, 0.1) is 0 Å². The van der Waals surface area contributed by atoms with E-state index in [1.165, 1.54) is 7.11 Å². The van der Waals surface area contributed by atoms with Crippen molar-refractivity contribution in [2.24, 2.45) is 0 Å². The van der Waals surface area contributed by atoms with Crippen LogP contribution in [0.2, 0.25) is 5.02 Å². The molecule has 1 heterocycles. The van der Waals surface area contributed by atoms with Crippen LogP contribution < -0.4 is 0 Å². The number of hydrogen-bond acceptors (Lipinski definition) is 4. The molecular weight excluding hydrogens is 318 g/mol. The van der Waals surface area contributed by atoms with Gasteiger partial charge in [-0.25, -0.2) is 9.78 Å². The van der Waals surface area contributed by atoms with Crippen LogP contribution in [0.5, 0.6) is 0 Å². The largest absolute Gasteiger partial charge is 0.465 e. The Kier molecular flexibility index (Phi) is 4.22. The Morgan fingerprint density at radius 2 is 1.68 bits per heavy atom. The third-order valence-corrected chi connectivity index (χ3v) is 4.34. The molecule has 22 heavy (non-hydrogen) atoms. The number of benzene rings is 2. The maximum atomic E-state index is 11.4. The Hall–Kier alpha value is -2.17. The predicted molar refractivity (Wildman–Crippen MR) is 89.3 cm³/mol. The molecule has 5 heteroatoms. The highest BCUT2D eigenvalue weighted by atomic mass is 35.5. The minimum absolute atomic E-state index is 0.340. The van der Waals surface area contributed by atoms with Gasteiger partial charge in [-0.3, -0.25) is 0 Å². The first kappa shape index (κ1) is 14.8. The van der Waals surface area contributed by atoms with E-state index in [9.17, 15) is 4.79 Å². The predicted octanol–water partition coefficient (Wildman–Crippen LogP) is 4.92. The maximum Gasteiger partial charge on any atom is 0.337 e. The molecular formula is C17H12ClNO2S. The highest BCUT2D eigenvalue weighted by Gasteiger charge is 2.09. The van der Waals surface area contributed by atoms with Gasteiger partial charge in [-0.1, -0.05) is 35.9 Å². The SMILES string of the molecule is COC(=O)c1ccc(-c2nc(-c3ccc(Cl)cc3)cs2)cc1. The van der Waals surface area contributed by atoms with Crippen molar-refractivity contribution in [1.29, 1.82) is 0 Å². The van der Waals surface area contributed by atoms with Crippen LogP contribution >= 0.6 is 22.9 Å². The zero-order chi connectivity index (χ0) is 15.5. The highest BCUT2D eigenvalue weighted by molar-refractivity contribution is 7.13. The number of carbonyl (C=O) groups is 1. The number of hydrogen-bond donors (Lipinski definition) is 0. The fraction of sp³-hybridized carbons (Fsp3) is 0.0588. The molecule has 0 spiro atoms. The summed E-state index contributed by atoms with van der Waals surface area (Å²) >= 11 is 7.46. The average Bonchev–Trinajstić information content (AvgIpc) is 3.05. The van der Waals surface area contributed by atoms with Crippen molar-refractivity contribution >= 4 is 28.9 Å². The van der Waals surface area contributed by atoms with Crippen molar-refractivity contribution in [3.8, 4) is 21.8 Å². The van der Waals surface area contributed by atoms with E-state index in [1.54, 1.807) is 23.5 Å². The van der Waals surface area contributed by atoms with E-state index in [4.69, 9.17) is 16.3 Å². The van der Waals surface area contributed by atoms with Gasteiger partial charge in [0.2, 0.25) is 0 Å². The Morgan fingerprint density at radius 3 is 2.32 bits per heavy atom. The molecule has 0 bridgehead atoms. The van der Waals surface area contributed by atoms with Gasteiger partial charge in [0, 0.05) is 21.5 Å². The molecule has 0 fully saturated rings. The number of thiazole rings is 1.